The van der Waals surface area contributed by atoms with Crippen molar-refractivity contribution in [3.8, 4) is 0 Å². The number of para-hydroxylation sites is 2. The van der Waals surface area contributed by atoms with Crippen molar-refractivity contribution in [1.29, 1.82) is 0 Å². The Labute approximate surface area is 164 Å². The molecule has 0 bridgehead atoms. The highest BCUT2D eigenvalue weighted by Crippen LogP contribution is 2.37. The van der Waals surface area contributed by atoms with Crippen molar-refractivity contribution >= 4 is 28.7 Å². The van der Waals surface area contributed by atoms with Crippen molar-refractivity contribution in [2.24, 2.45) is 7.05 Å². The van der Waals surface area contributed by atoms with Crippen molar-refractivity contribution < 1.29 is 4.79 Å². The molecule has 0 unspecified atom stereocenters. The van der Waals surface area contributed by atoms with Gasteiger partial charge in [0.25, 0.3) is 0 Å². The van der Waals surface area contributed by atoms with E-state index in [4.69, 9.17) is 4.98 Å². The molecule has 1 aliphatic rings. The van der Waals surface area contributed by atoms with E-state index in [1.807, 2.05) is 56.1 Å². The number of nitrogens with one attached hydrogen (secondary N) is 1. The number of hydrogen-bond acceptors (Lipinski definition) is 3. The Morgan fingerprint density at radius 1 is 1.22 bits per heavy atom. The van der Waals surface area contributed by atoms with Crippen molar-refractivity contribution in [2.75, 3.05) is 11.5 Å². The van der Waals surface area contributed by atoms with E-state index in [2.05, 4.69) is 32.9 Å². The van der Waals surface area contributed by atoms with Gasteiger partial charge in [0.2, 0.25) is 5.91 Å². The van der Waals surface area contributed by atoms with Crippen LogP contribution < -0.4 is 5.32 Å². The second-order valence-electron chi connectivity index (χ2n) is 7.41. The molecule has 142 valence electrons. The van der Waals surface area contributed by atoms with E-state index in [0.717, 1.165) is 41.2 Å². The number of fused-ring (bicyclic) bond motifs is 1. The lowest BCUT2D eigenvalue weighted by molar-refractivity contribution is -0.124. The molecule has 1 amide bonds. The minimum Gasteiger partial charge on any atom is -0.348 e. The molecule has 1 atom stereocenters. The maximum Gasteiger partial charge on any atom is 0.222 e. The van der Waals surface area contributed by atoms with Crippen LogP contribution >= 0.6 is 11.8 Å². The van der Waals surface area contributed by atoms with Crippen LogP contribution in [0.5, 0.6) is 0 Å². The van der Waals surface area contributed by atoms with Crippen molar-refractivity contribution in [2.45, 2.75) is 37.8 Å². The van der Waals surface area contributed by atoms with Gasteiger partial charge in [-0.2, -0.15) is 11.8 Å². The number of imidazole rings is 1. The van der Waals surface area contributed by atoms with Gasteiger partial charge < -0.3 is 14.5 Å². The summed E-state index contributed by atoms with van der Waals surface area (Å²) >= 11 is 1.98. The third-order valence-corrected chi connectivity index (χ3v) is 6.64. The first kappa shape index (κ1) is 18.2. The molecule has 2 aromatic heterocycles. The Morgan fingerprint density at radius 3 is 2.63 bits per heavy atom. The third-order valence-electron chi connectivity index (χ3n) is 5.65. The maximum atomic E-state index is 13.0. The highest BCUT2D eigenvalue weighted by atomic mass is 32.2. The third kappa shape index (κ3) is 3.50. The molecule has 4 rings (SSSR count). The van der Waals surface area contributed by atoms with Crippen LogP contribution in [0.4, 0.5) is 0 Å². The molecular weight excluding hydrogens is 356 g/mol. The van der Waals surface area contributed by atoms with Gasteiger partial charge in [0.15, 0.2) is 0 Å². The van der Waals surface area contributed by atoms with Crippen molar-refractivity contribution in [3.05, 3.63) is 54.6 Å². The first-order valence-electron chi connectivity index (χ1n) is 9.51. The van der Waals surface area contributed by atoms with E-state index in [0.29, 0.717) is 6.42 Å². The molecule has 0 saturated carbocycles. The minimum absolute atomic E-state index is 0.0927. The quantitative estimate of drug-likeness (QED) is 0.729. The van der Waals surface area contributed by atoms with E-state index in [1.165, 1.54) is 0 Å². The topological polar surface area (TPSA) is 51.9 Å². The summed E-state index contributed by atoms with van der Waals surface area (Å²) in [5.74, 6) is 3.19. The Hall–Kier alpha value is -2.21. The molecule has 1 fully saturated rings. The number of rotatable bonds is 5. The Bertz CT molecular complexity index is 925. The fourth-order valence-corrected chi connectivity index (χ4v) is 5.39. The summed E-state index contributed by atoms with van der Waals surface area (Å²) < 4.78 is 4.31. The molecule has 1 N–H and O–H groups in total. The number of benzene rings is 1. The minimum atomic E-state index is -0.130. The lowest BCUT2D eigenvalue weighted by Crippen LogP contribution is -2.42. The number of thioether (sulfide) groups is 1. The normalized spacial score (nSPS) is 17.7. The zero-order valence-corrected chi connectivity index (χ0v) is 16.7. The largest absolute Gasteiger partial charge is 0.348 e. The smallest absolute Gasteiger partial charge is 0.222 e. The summed E-state index contributed by atoms with van der Waals surface area (Å²) in [5.41, 5.74) is 1.94. The average Bonchev–Trinajstić information content (AvgIpc) is 3.32. The highest BCUT2D eigenvalue weighted by molar-refractivity contribution is 7.99. The average molecular weight is 383 g/mol. The predicted octanol–water partition coefficient (Wildman–Crippen LogP) is 3.86. The molecule has 1 saturated heterocycles. The monoisotopic (exact) mass is 382 g/mol. The van der Waals surface area contributed by atoms with E-state index >= 15 is 0 Å². The molecule has 3 heterocycles. The number of aryl methyl sites for hydroxylation is 1. The lowest BCUT2D eigenvalue weighted by Gasteiger charge is -2.38. The number of nitrogens with zero attached hydrogens (tertiary/aromatic N) is 3. The fourth-order valence-electron chi connectivity index (χ4n) is 4.14. The van der Waals surface area contributed by atoms with Crippen LogP contribution in [0.15, 0.2) is 48.8 Å². The van der Waals surface area contributed by atoms with Crippen LogP contribution in [-0.4, -0.2) is 31.5 Å². The number of carbonyl (C=O) groups is 1. The van der Waals surface area contributed by atoms with Gasteiger partial charge >= 0.3 is 0 Å². The summed E-state index contributed by atoms with van der Waals surface area (Å²) in [4.78, 5) is 17.7. The number of hydrogen-bond donors (Lipinski definition) is 1. The molecule has 0 aliphatic carbocycles. The fraction of sp³-hybridized carbons (Fsp3) is 0.429. The first-order chi connectivity index (χ1) is 13.1. The summed E-state index contributed by atoms with van der Waals surface area (Å²) in [5, 5.41) is 3.19. The summed E-state index contributed by atoms with van der Waals surface area (Å²) in [7, 11) is 2.01. The van der Waals surface area contributed by atoms with Gasteiger partial charge in [-0.1, -0.05) is 12.1 Å². The Kier molecular flexibility index (Phi) is 5.00. The summed E-state index contributed by atoms with van der Waals surface area (Å²) in [6.07, 6.45) is 6.76. The molecule has 27 heavy (non-hydrogen) atoms. The second-order valence-corrected chi connectivity index (χ2v) is 8.64. The van der Waals surface area contributed by atoms with Crippen LogP contribution in [-0.2, 0) is 17.4 Å². The molecule has 5 nitrogen and oxygen atoms in total. The molecule has 1 aliphatic heterocycles. The second kappa shape index (κ2) is 7.43. The van der Waals surface area contributed by atoms with Gasteiger partial charge in [-0.15, -0.1) is 0 Å². The van der Waals surface area contributed by atoms with Crippen LogP contribution in [0.3, 0.4) is 0 Å². The van der Waals surface area contributed by atoms with Crippen LogP contribution in [0, 0.1) is 0 Å². The van der Waals surface area contributed by atoms with Crippen LogP contribution in [0.2, 0.25) is 0 Å². The predicted molar refractivity (Wildman–Crippen MR) is 111 cm³/mol. The van der Waals surface area contributed by atoms with Gasteiger partial charge in [-0.25, -0.2) is 4.98 Å². The van der Waals surface area contributed by atoms with E-state index in [9.17, 15) is 4.79 Å². The van der Waals surface area contributed by atoms with Crippen LogP contribution in [0.1, 0.15) is 38.1 Å². The summed E-state index contributed by atoms with van der Waals surface area (Å²) in [6, 6.07) is 12.0. The zero-order valence-electron chi connectivity index (χ0n) is 15.9. The molecule has 3 aromatic rings. The van der Waals surface area contributed by atoms with Gasteiger partial charge in [0, 0.05) is 19.4 Å². The van der Waals surface area contributed by atoms with E-state index < -0.39 is 0 Å². The van der Waals surface area contributed by atoms with Crippen molar-refractivity contribution in [1.82, 2.24) is 19.4 Å². The number of carbonyl (C=O) groups excluding carboxylic acids is 1. The van der Waals surface area contributed by atoms with Gasteiger partial charge in [-0.05, 0) is 55.5 Å². The zero-order chi connectivity index (χ0) is 18.9. The SMILES string of the molecule is C[C@@H](NC(=O)CC1(n2cccc2)CCSCC1)c1nc2ccccc2n1C. The molecule has 1 aromatic carbocycles. The Morgan fingerprint density at radius 2 is 1.93 bits per heavy atom. The van der Waals surface area contributed by atoms with E-state index in [1.54, 1.807) is 0 Å². The van der Waals surface area contributed by atoms with Crippen LogP contribution in [0.25, 0.3) is 11.0 Å². The molecule has 6 heteroatoms. The van der Waals surface area contributed by atoms with Gasteiger partial charge in [0.05, 0.1) is 29.0 Å². The molecule has 0 spiro atoms. The molecule has 0 radical (unpaired) electrons. The number of aromatic nitrogens is 3. The van der Waals surface area contributed by atoms with E-state index in [-0.39, 0.29) is 17.5 Å². The standard InChI is InChI=1S/C21H26N4OS/c1-16(20-23-17-7-3-4-8-18(17)24(20)2)22-19(26)15-21(9-13-27-14-10-21)25-11-5-6-12-25/h3-8,11-12,16H,9-10,13-15H2,1-2H3,(H,22,26)/t16-/m1/s1. The lowest BCUT2D eigenvalue weighted by atomic mass is 9.87. The first-order valence-corrected chi connectivity index (χ1v) is 10.7. The van der Waals surface area contributed by atoms with Gasteiger partial charge in [-0.3, -0.25) is 4.79 Å². The molecular formula is C21H26N4OS. The highest BCUT2D eigenvalue weighted by Gasteiger charge is 2.36. The summed E-state index contributed by atoms with van der Waals surface area (Å²) in [6.45, 7) is 2.01. The maximum absolute atomic E-state index is 13.0. The van der Waals surface area contributed by atoms with Crippen molar-refractivity contribution in [3.63, 3.8) is 0 Å². The Balaban J connectivity index is 1.51. The van der Waals surface area contributed by atoms with Gasteiger partial charge in [0.1, 0.15) is 5.82 Å². The number of amides is 1.